The molecule has 1 heterocycles. The van der Waals surface area contributed by atoms with Crippen molar-refractivity contribution in [1.29, 1.82) is 0 Å². The van der Waals surface area contributed by atoms with E-state index in [1.807, 2.05) is 48.5 Å². The molecule has 0 saturated carbocycles. The molecule has 4 heteroatoms. The first-order valence-electron chi connectivity index (χ1n) is 7.43. The van der Waals surface area contributed by atoms with Crippen molar-refractivity contribution >= 4 is 11.6 Å². The van der Waals surface area contributed by atoms with Crippen LogP contribution < -0.4 is 5.32 Å². The van der Waals surface area contributed by atoms with Crippen LogP contribution in [0.2, 0.25) is 0 Å². The standard InChI is InChI=1S/C19H17N3O/c1-14(23)16-8-5-9-17(10-16)18-11-19(22-13-21-18)20-12-15-6-3-2-4-7-15/h2-11,13H,12H2,1H3,(H,20,21,22). The molecule has 0 saturated heterocycles. The molecule has 0 amide bonds. The molecule has 0 spiro atoms. The van der Waals surface area contributed by atoms with E-state index in [-0.39, 0.29) is 5.78 Å². The fourth-order valence-corrected chi connectivity index (χ4v) is 2.30. The van der Waals surface area contributed by atoms with Crippen LogP contribution in [0.5, 0.6) is 0 Å². The summed E-state index contributed by atoms with van der Waals surface area (Å²) in [5.74, 6) is 0.801. The van der Waals surface area contributed by atoms with Crippen molar-refractivity contribution < 1.29 is 4.79 Å². The Morgan fingerprint density at radius 3 is 2.61 bits per heavy atom. The first-order valence-corrected chi connectivity index (χ1v) is 7.43. The third-order valence-electron chi connectivity index (χ3n) is 3.55. The third kappa shape index (κ3) is 3.80. The Bertz CT molecular complexity index is 816. The van der Waals surface area contributed by atoms with Gasteiger partial charge in [0, 0.05) is 23.7 Å². The molecule has 0 radical (unpaired) electrons. The highest BCUT2D eigenvalue weighted by atomic mass is 16.1. The monoisotopic (exact) mass is 303 g/mol. The Hall–Kier alpha value is -3.01. The molecule has 0 aliphatic rings. The van der Waals surface area contributed by atoms with Crippen LogP contribution in [0.15, 0.2) is 67.0 Å². The van der Waals surface area contributed by atoms with Gasteiger partial charge in [0.25, 0.3) is 0 Å². The van der Waals surface area contributed by atoms with Crippen LogP contribution in [0.25, 0.3) is 11.3 Å². The van der Waals surface area contributed by atoms with Crippen LogP contribution >= 0.6 is 0 Å². The summed E-state index contributed by atoms with van der Waals surface area (Å²) >= 11 is 0. The molecule has 0 bridgehead atoms. The van der Waals surface area contributed by atoms with Gasteiger partial charge in [-0.25, -0.2) is 9.97 Å². The Morgan fingerprint density at radius 1 is 1.00 bits per heavy atom. The van der Waals surface area contributed by atoms with Crippen LogP contribution in [-0.4, -0.2) is 15.8 Å². The van der Waals surface area contributed by atoms with Gasteiger partial charge in [-0.2, -0.15) is 0 Å². The molecule has 114 valence electrons. The second-order valence-corrected chi connectivity index (χ2v) is 5.26. The van der Waals surface area contributed by atoms with Crippen LogP contribution in [0.3, 0.4) is 0 Å². The molecule has 23 heavy (non-hydrogen) atoms. The zero-order valence-electron chi connectivity index (χ0n) is 12.9. The van der Waals surface area contributed by atoms with Crippen molar-refractivity contribution in [2.45, 2.75) is 13.5 Å². The zero-order valence-corrected chi connectivity index (χ0v) is 12.9. The van der Waals surface area contributed by atoms with E-state index >= 15 is 0 Å². The van der Waals surface area contributed by atoms with Gasteiger partial charge in [0.2, 0.25) is 0 Å². The van der Waals surface area contributed by atoms with Gasteiger partial charge in [-0.3, -0.25) is 4.79 Å². The van der Waals surface area contributed by atoms with Gasteiger partial charge in [-0.15, -0.1) is 0 Å². The highest BCUT2D eigenvalue weighted by Crippen LogP contribution is 2.20. The predicted molar refractivity (Wildman–Crippen MR) is 91.2 cm³/mol. The van der Waals surface area contributed by atoms with Crippen molar-refractivity contribution in [3.8, 4) is 11.3 Å². The number of nitrogens with one attached hydrogen (secondary N) is 1. The highest BCUT2D eigenvalue weighted by Gasteiger charge is 2.05. The second-order valence-electron chi connectivity index (χ2n) is 5.26. The van der Waals surface area contributed by atoms with Crippen LogP contribution in [-0.2, 0) is 6.54 Å². The number of nitrogens with zero attached hydrogens (tertiary/aromatic N) is 2. The minimum absolute atomic E-state index is 0.0448. The summed E-state index contributed by atoms with van der Waals surface area (Å²) in [6.45, 7) is 2.26. The lowest BCUT2D eigenvalue weighted by molar-refractivity contribution is 0.101. The number of aromatic nitrogens is 2. The van der Waals surface area contributed by atoms with Crippen molar-refractivity contribution in [1.82, 2.24) is 9.97 Å². The lowest BCUT2D eigenvalue weighted by Crippen LogP contribution is -2.02. The molecular formula is C19H17N3O. The Morgan fingerprint density at radius 2 is 1.83 bits per heavy atom. The maximum atomic E-state index is 11.5. The maximum Gasteiger partial charge on any atom is 0.159 e. The van der Waals surface area contributed by atoms with Crippen LogP contribution in [0.1, 0.15) is 22.8 Å². The van der Waals surface area contributed by atoms with Crippen molar-refractivity contribution in [3.05, 3.63) is 78.1 Å². The molecule has 1 N–H and O–H groups in total. The minimum Gasteiger partial charge on any atom is -0.366 e. The normalized spacial score (nSPS) is 10.3. The zero-order chi connectivity index (χ0) is 16.1. The SMILES string of the molecule is CC(=O)c1cccc(-c2cc(NCc3ccccc3)ncn2)c1. The van der Waals surface area contributed by atoms with Gasteiger partial charge in [-0.05, 0) is 18.6 Å². The van der Waals surface area contributed by atoms with E-state index in [4.69, 9.17) is 0 Å². The molecule has 0 aliphatic heterocycles. The average Bonchev–Trinajstić information content (AvgIpc) is 2.61. The lowest BCUT2D eigenvalue weighted by Gasteiger charge is -2.08. The number of hydrogen-bond acceptors (Lipinski definition) is 4. The number of hydrogen-bond donors (Lipinski definition) is 1. The highest BCUT2D eigenvalue weighted by molar-refractivity contribution is 5.95. The smallest absolute Gasteiger partial charge is 0.159 e. The molecule has 4 nitrogen and oxygen atoms in total. The number of Topliss-reactive ketones (excluding diaryl/α,β-unsaturated/α-hetero) is 1. The van der Waals surface area contributed by atoms with Crippen molar-refractivity contribution in [2.24, 2.45) is 0 Å². The van der Waals surface area contributed by atoms with Gasteiger partial charge in [-0.1, -0.05) is 48.5 Å². The van der Waals surface area contributed by atoms with E-state index in [1.165, 1.54) is 11.9 Å². The van der Waals surface area contributed by atoms with E-state index in [1.54, 1.807) is 6.92 Å². The molecule has 1 aromatic heterocycles. The third-order valence-corrected chi connectivity index (χ3v) is 3.55. The topological polar surface area (TPSA) is 54.9 Å². The molecule has 3 rings (SSSR count). The average molecular weight is 303 g/mol. The van der Waals surface area contributed by atoms with E-state index in [0.29, 0.717) is 12.1 Å². The second kappa shape index (κ2) is 6.83. The first kappa shape index (κ1) is 14.9. The molecule has 2 aromatic carbocycles. The summed E-state index contributed by atoms with van der Waals surface area (Å²) in [5, 5.41) is 3.29. The summed E-state index contributed by atoms with van der Waals surface area (Å²) in [6, 6.07) is 19.5. The van der Waals surface area contributed by atoms with Gasteiger partial charge < -0.3 is 5.32 Å². The number of carbonyl (C=O) groups excluding carboxylic acids is 1. The summed E-state index contributed by atoms with van der Waals surface area (Å²) < 4.78 is 0. The maximum absolute atomic E-state index is 11.5. The van der Waals surface area contributed by atoms with Gasteiger partial charge in [0.05, 0.1) is 5.69 Å². The number of rotatable bonds is 5. The minimum atomic E-state index is 0.0448. The summed E-state index contributed by atoms with van der Waals surface area (Å²) in [7, 11) is 0. The molecule has 0 unspecified atom stereocenters. The lowest BCUT2D eigenvalue weighted by atomic mass is 10.1. The largest absolute Gasteiger partial charge is 0.366 e. The number of anilines is 1. The molecule has 3 aromatic rings. The Kier molecular flexibility index (Phi) is 4.43. The molecular weight excluding hydrogens is 286 g/mol. The first-order chi connectivity index (χ1) is 11.2. The summed E-state index contributed by atoms with van der Waals surface area (Å²) in [6.07, 6.45) is 1.53. The van der Waals surface area contributed by atoms with Gasteiger partial charge in [0.15, 0.2) is 5.78 Å². The summed E-state index contributed by atoms with van der Waals surface area (Å²) in [5.41, 5.74) is 3.56. The number of carbonyl (C=O) groups is 1. The predicted octanol–water partition coefficient (Wildman–Crippen LogP) is 3.96. The molecule has 0 aliphatic carbocycles. The molecule has 0 atom stereocenters. The number of benzene rings is 2. The quantitative estimate of drug-likeness (QED) is 0.725. The Labute approximate surface area is 135 Å². The van der Waals surface area contributed by atoms with Crippen LogP contribution in [0.4, 0.5) is 5.82 Å². The van der Waals surface area contributed by atoms with E-state index in [2.05, 4.69) is 27.4 Å². The summed E-state index contributed by atoms with van der Waals surface area (Å²) in [4.78, 5) is 20.1. The fraction of sp³-hybridized carbons (Fsp3) is 0.105. The van der Waals surface area contributed by atoms with E-state index in [9.17, 15) is 4.79 Å². The van der Waals surface area contributed by atoms with E-state index < -0.39 is 0 Å². The van der Waals surface area contributed by atoms with Crippen molar-refractivity contribution in [2.75, 3.05) is 5.32 Å². The van der Waals surface area contributed by atoms with Crippen molar-refractivity contribution in [3.63, 3.8) is 0 Å². The van der Waals surface area contributed by atoms with Gasteiger partial charge in [0.1, 0.15) is 12.1 Å². The van der Waals surface area contributed by atoms with Crippen LogP contribution in [0, 0.1) is 0 Å². The van der Waals surface area contributed by atoms with Gasteiger partial charge >= 0.3 is 0 Å². The number of ketones is 1. The Balaban J connectivity index is 1.80. The molecule has 0 fully saturated rings. The van der Waals surface area contributed by atoms with E-state index in [0.717, 1.165) is 17.1 Å². The fourth-order valence-electron chi connectivity index (χ4n) is 2.30.